The molecule has 0 saturated carbocycles. The van der Waals surface area contributed by atoms with Crippen molar-refractivity contribution in [2.24, 2.45) is 0 Å². The molecule has 1 aliphatic heterocycles. The molecule has 0 unspecified atom stereocenters. The Morgan fingerprint density at radius 2 is 1.93 bits per heavy atom. The summed E-state index contributed by atoms with van der Waals surface area (Å²) in [4.78, 5) is 27.9. The maximum Gasteiger partial charge on any atom is 0.410 e. The van der Waals surface area contributed by atoms with Crippen molar-refractivity contribution < 1.29 is 22.7 Å². The van der Waals surface area contributed by atoms with E-state index in [1.54, 1.807) is 44.7 Å². The quantitative estimate of drug-likeness (QED) is 0.691. The van der Waals surface area contributed by atoms with Crippen LogP contribution in [0.25, 0.3) is 0 Å². The Labute approximate surface area is 168 Å². The van der Waals surface area contributed by atoms with Crippen molar-refractivity contribution in [1.82, 2.24) is 9.80 Å². The first kappa shape index (κ1) is 21.7. The van der Waals surface area contributed by atoms with Gasteiger partial charge in [-0.3, -0.25) is 4.79 Å². The molecule has 1 saturated heterocycles. The third-order valence-electron chi connectivity index (χ3n) is 4.07. The standard InChI is InChI=1S/C18H25BrN2O5S/c1-13-11-20(17(23)26-18(2,3)4)8-9-21(13)16(22)12-27(24,25)15-7-5-6-14(19)10-15/h5-7,10,13H,8-9,11-12H2,1-4H3/t13-/m1/s1. The maximum absolute atomic E-state index is 12.6. The first-order chi connectivity index (χ1) is 12.4. The zero-order chi connectivity index (χ0) is 20.4. The van der Waals surface area contributed by atoms with Crippen molar-refractivity contribution in [2.75, 3.05) is 25.4 Å². The van der Waals surface area contributed by atoms with Crippen molar-refractivity contribution >= 4 is 37.8 Å². The van der Waals surface area contributed by atoms with Gasteiger partial charge in [0.15, 0.2) is 9.84 Å². The van der Waals surface area contributed by atoms with Crippen LogP contribution in [0.15, 0.2) is 33.6 Å². The summed E-state index contributed by atoms with van der Waals surface area (Å²) in [5.41, 5.74) is -0.592. The molecule has 1 fully saturated rings. The van der Waals surface area contributed by atoms with Crippen LogP contribution in [-0.2, 0) is 19.4 Å². The summed E-state index contributed by atoms with van der Waals surface area (Å²) in [5, 5.41) is 0. The molecule has 1 atom stereocenters. The number of carbonyl (C=O) groups is 2. The van der Waals surface area contributed by atoms with Gasteiger partial charge in [0.1, 0.15) is 11.4 Å². The molecule has 0 radical (unpaired) electrons. The average Bonchev–Trinajstić information content (AvgIpc) is 2.52. The number of amides is 2. The van der Waals surface area contributed by atoms with Crippen molar-refractivity contribution in [3.05, 3.63) is 28.7 Å². The number of hydrogen-bond acceptors (Lipinski definition) is 5. The third kappa shape index (κ3) is 5.93. The number of hydrogen-bond donors (Lipinski definition) is 0. The summed E-state index contributed by atoms with van der Waals surface area (Å²) < 4.78 is 31.0. The van der Waals surface area contributed by atoms with Crippen LogP contribution in [0.3, 0.4) is 0 Å². The highest BCUT2D eigenvalue weighted by molar-refractivity contribution is 9.10. The van der Waals surface area contributed by atoms with E-state index >= 15 is 0 Å². The minimum Gasteiger partial charge on any atom is -0.444 e. The van der Waals surface area contributed by atoms with Crippen LogP contribution in [0.1, 0.15) is 27.7 Å². The fourth-order valence-electron chi connectivity index (χ4n) is 2.81. The Morgan fingerprint density at radius 3 is 2.48 bits per heavy atom. The number of carbonyl (C=O) groups excluding carboxylic acids is 2. The van der Waals surface area contributed by atoms with Crippen LogP contribution in [0.4, 0.5) is 4.79 Å². The summed E-state index contributed by atoms with van der Waals surface area (Å²) in [6.07, 6.45) is -0.428. The first-order valence-corrected chi connectivity index (χ1v) is 11.1. The van der Waals surface area contributed by atoms with Gasteiger partial charge in [-0.2, -0.15) is 0 Å². The van der Waals surface area contributed by atoms with Gasteiger partial charge < -0.3 is 14.5 Å². The van der Waals surface area contributed by atoms with E-state index in [2.05, 4.69) is 15.9 Å². The lowest BCUT2D eigenvalue weighted by molar-refractivity contribution is -0.132. The van der Waals surface area contributed by atoms with Gasteiger partial charge in [0.25, 0.3) is 0 Å². The molecule has 1 aromatic rings. The number of rotatable bonds is 3. The largest absolute Gasteiger partial charge is 0.444 e. The molecule has 150 valence electrons. The smallest absolute Gasteiger partial charge is 0.410 e. The van der Waals surface area contributed by atoms with E-state index in [9.17, 15) is 18.0 Å². The zero-order valence-electron chi connectivity index (χ0n) is 15.9. The van der Waals surface area contributed by atoms with Gasteiger partial charge in [0.05, 0.1) is 4.90 Å². The van der Waals surface area contributed by atoms with E-state index < -0.39 is 33.2 Å². The highest BCUT2D eigenvalue weighted by Crippen LogP contribution is 2.19. The van der Waals surface area contributed by atoms with Gasteiger partial charge in [-0.25, -0.2) is 13.2 Å². The SMILES string of the molecule is C[C@@H]1CN(C(=O)OC(C)(C)C)CCN1C(=O)CS(=O)(=O)c1cccc(Br)c1. The predicted octanol–water partition coefficient (Wildman–Crippen LogP) is 2.69. The van der Waals surface area contributed by atoms with Crippen molar-refractivity contribution in [3.63, 3.8) is 0 Å². The zero-order valence-corrected chi connectivity index (χ0v) is 18.3. The molecule has 0 bridgehead atoms. The number of ether oxygens (including phenoxy) is 1. The molecule has 1 aliphatic rings. The van der Waals surface area contributed by atoms with Crippen molar-refractivity contribution in [3.8, 4) is 0 Å². The number of halogens is 1. The molecule has 2 amide bonds. The molecule has 27 heavy (non-hydrogen) atoms. The number of sulfone groups is 1. The normalized spacial score (nSPS) is 18.3. The predicted molar refractivity (Wildman–Crippen MR) is 105 cm³/mol. The maximum atomic E-state index is 12.6. The Balaban J connectivity index is 2.01. The molecule has 1 heterocycles. The van der Waals surface area contributed by atoms with E-state index in [1.165, 1.54) is 17.0 Å². The summed E-state index contributed by atoms with van der Waals surface area (Å²) in [6, 6.07) is 5.99. The van der Waals surface area contributed by atoms with Gasteiger partial charge in [-0.05, 0) is 45.9 Å². The molecule has 0 spiro atoms. The monoisotopic (exact) mass is 460 g/mol. The van der Waals surface area contributed by atoms with Crippen LogP contribution >= 0.6 is 15.9 Å². The topological polar surface area (TPSA) is 84.0 Å². The number of nitrogens with zero attached hydrogens (tertiary/aromatic N) is 2. The van der Waals surface area contributed by atoms with E-state index in [0.29, 0.717) is 17.6 Å². The molecule has 0 aromatic heterocycles. The van der Waals surface area contributed by atoms with Gasteiger partial charge in [0.2, 0.25) is 5.91 Å². The third-order valence-corrected chi connectivity index (χ3v) is 6.16. The Kier molecular flexibility index (Phi) is 6.57. The Morgan fingerprint density at radius 1 is 1.26 bits per heavy atom. The fraction of sp³-hybridized carbons (Fsp3) is 0.556. The van der Waals surface area contributed by atoms with Gasteiger partial charge >= 0.3 is 6.09 Å². The second-order valence-electron chi connectivity index (χ2n) is 7.58. The molecular formula is C18H25BrN2O5S. The van der Waals surface area contributed by atoms with E-state index in [-0.39, 0.29) is 17.5 Å². The number of piperazine rings is 1. The lowest BCUT2D eigenvalue weighted by atomic mass is 10.2. The molecule has 7 nitrogen and oxygen atoms in total. The van der Waals surface area contributed by atoms with Crippen LogP contribution < -0.4 is 0 Å². The van der Waals surface area contributed by atoms with Crippen LogP contribution in [-0.4, -0.2) is 67.2 Å². The van der Waals surface area contributed by atoms with Gasteiger partial charge in [0, 0.05) is 30.1 Å². The van der Waals surface area contributed by atoms with Gasteiger partial charge in [-0.15, -0.1) is 0 Å². The minimum absolute atomic E-state index is 0.102. The molecule has 0 aliphatic carbocycles. The summed E-state index contributed by atoms with van der Waals surface area (Å²) in [7, 11) is -3.74. The summed E-state index contributed by atoms with van der Waals surface area (Å²) in [5.74, 6) is -1.06. The Hall–Kier alpha value is -1.61. The summed E-state index contributed by atoms with van der Waals surface area (Å²) >= 11 is 3.24. The van der Waals surface area contributed by atoms with Crippen LogP contribution in [0.5, 0.6) is 0 Å². The van der Waals surface area contributed by atoms with E-state index in [0.717, 1.165) is 0 Å². The van der Waals surface area contributed by atoms with E-state index in [4.69, 9.17) is 4.74 Å². The van der Waals surface area contributed by atoms with Crippen LogP contribution in [0.2, 0.25) is 0 Å². The van der Waals surface area contributed by atoms with Gasteiger partial charge in [-0.1, -0.05) is 22.0 Å². The number of benzene rings is 1. The lowest BCUT2D eigenvalue weighted by Crippen LogP contribution is -2.57. The fourth-order valence-corrected chi connectivity index (χ4v) is 4.61. The second-order valence-corrected chi connectivity index (χ2v) is 10.5. The molecule has 2 rings (SSSR count). The van der Waals surface area contributed by atoms with Crippen molar-refractivity contribution in [1.29, 1.82) is 0 Å². The molecule has 9 heteroatoms. The minimum atomic E-state index is -3.74. The lowest BCUT2D eigenvalue weighted by Gasteiger charge is -2.40. The second kappa shape index (κ2) is 8.18. The first-order valence-electron chi connectivity index (χ1n) is 8.65. The van der Waals surface area contributed by atoms with Crippen LogP contribution in [0, 0.1) is 0 Å². The molecular weight excluding hydrogens is 436 g/mol. The highest BCUT2D eigenvalue weighted by atomic mass is 79.9. The van der Waals surface area contributed by atoms with Crippen molar-refractivity contribution in [2.45, 2.75) is 44.2 Å². The molecule has 0 N–H and O–H groups in total. The Bertz CT molecular complexity index is 819. The summed E-state index contributed by atoms with van der Waals surface area (Å²) in [6.45, 7) is 8.05. The average molecular weight is 461 g/mol. The van der Waals surface area contributed by atoms with E-state index in [1.807, 2.05) is 0 Å². The molecule has 1 aromatic carbocycles. The highest BCUT2D eigenvalue weighted by Gasteiger charge is 2.33.